The molecule has 1 aliphatic carbocycles. The van der Waals surface area contributed by atoms with Gasteiger partial charge in [0.25, 0.3) is 0 Å². The number of hydrogen-bond acceptors (Lipinski definition) is 2. The number of ether oxygens (including phenoxy) is 1. The number of benzene rings is 2. The maximum atomic E-state index is 6.55. The summed E-state index contributed by atoms with van der Waals surface area (Å²) in [7, 11) is 0. The van der Waals surface area contributed by atoms with E-state index in [1.165, 1.54) is 41.5 Å². The molecule has 1 atom stereocenters. The second kappa shape index (κ2) is 5.15. The summed E-state index contributed by atoms with van der Waals surface area (Å²) in [5, 5.41) is 0. The van der Waals surface area contributed by atoms with Crippen LogP contribution in [-0.2, 0) is 19.3 Å². The van der Waals surface area contributed by atoms with E-state index in [2.05, 4.69) is 46.3 Å². The lowest BCUT2D eigenvalue weighted by Gasteiger charge is -2.17. The van der Waals surface area contributed by atoms with Crippen molar-refractivity contribution in [2.45, 2.75) is 31.7 Å². The van der Waals surface area contributed by atoms with Crippen molar-refractivity contribution in [1.29, 1.82) is 0 Å². The molecule has 3 heteroatoms. The van der Waals surface area contributed by atoms with Crippen molar-refractivity contribution in [3.63, 3.8) is 0 Å². The van der Waals surface area contributed by atoms with Gasteiger partial charge in [-0.2, -0.15) is 0 Å². The highest BCUT2D eigenvalue weighted by molar-refractivity contribution is 9.10. The van der Waals surface area contributed by atoms with Gasteiger partial charge < -0.3 is 10.5 Å². The summed E-state index contributed by atoms with van der Waals surface area (Å²) in [5.74, 6) is 0.992. The van der Waals surface area contributed by atoms with Gasteiger partial charge in [-0.3, -0.25) is 0 Å². The van der Waals surface area contributed by atoms with Crippen LogP contribution in [0.25, 0.3) is 0 Å². The second-order valence-electron chi connectivity index (χ2n) is 5.94. The van der Waals surface area contributed by atoms with Crippen LogP contribution in [-0.4, -0.2) is 6.61 Å². The van der Waals surface area contributed by atoms with E-state index in [-0.39, 0.29) is 6.04 Å². The maximum Gasteiger partial charge on any atom is 0.127 e. The summed E-state index contributed by atoms with van der Waals surface area (Å²) in [4.78, 5) is 0. The number of halogens is 1. The van der Waals surface area contributed by atoms with Crippen LogP contribution < -0.4 is 10.5 Å². The molecule has 0 amide bonds. The molecule has 0 fully saturated rings. The number of rotatable bonds is 2. The molecule has 2 aromatic carbocycles. The Bertz CT molecular complexity index is 711. The van der Waals surface area contributed by atoms with Gasteiger partial charge in [0.15, 0.2) is 0 Å². The summed E-state index contributed by atoms with van der Waals surface area (Å²) in [6, 6.07) is 10.8. The van der Waals surface area contributed by atoms with Crippen molar-refractivity contribution in [3.05, 3.63) is 62.6 Å². The molecule has 0 saturated carbocycles. The van der Waals surface area contributed by atoms with E-state index in [4.69, 9.17) is 10.5 Å². The second-order valence-corrected chi connectivity index (χ2v) is 6.86. The van der Waals surface area contributed by atoms with Gasteiger partial charge in [0.1, 0.15) is 5.75 Å². The fourth-order valence-corrected chi connectivity index (χ4v) is 4.02. The lowest BCUT2D eigenvalue weighted by atomic mass is 9.94. The lowest BCUT2D eigenvalue weighted by molar-refractivity contribution is 0.352. The van der Waals surface area contributed by atoms with Gasteiger partial charge in [0.2, 0.25) is 0 Å². The van der Waals surface area contributed by atoms with E-state index >= 15 is 0 Å². The standard InChI is InChI=1S/C18H18BrNO/c19-15-9-14-6-7-21-18(14)16(10-15)17(20)13-5-4-11-2-1-3-12(11)8-13/h4-5,8-10,17H,1-3,6-7,20H2. The SMILES string of the molecule is NC(c1ccc2c(c1)CCC2)c1cc(Br)cc2c1OCC2. The summed E-state index contributed by atoms with van der Waals surface area (Å²) < 4.78 is 6.90. The minimum Gasteiger partial charge on any atom is -0.493 e. The lowest BCUT2D eigenvalue weighted by Crippen LogP contribution is -2.13. The summed E-state index contributed by atoms with van der Waals surface area (Å²) in [6.45, 7) is 0.760. The van der Waals surface area contributed by atoms with E-state index in [1.54, 1.807) is 0 Å². The van der Waals surface area contributed by atoms with Crippen LogP contribution in [0.5, 0.6) is 5.75 Å². The molecule has 0 bridgehead atoms. The Morgan fingerprint density at radius 3 is 2.76 bits per heavy atom. The van der Waals surface area contributed by atoms with Gasteiger partial charge in [-0.15, -0.1) is 0 Å². The smallest absolute Gasteiger partial charge is 0.127 e. The van der Waals surface area contributed by atoms with Gasteiger partial charge >= 0.3 is 0 Å². The normalized spacial score (nSPS) is 17.2. The molecule has 2 aromatic rings. The first-order chi connectivity index (χ1) is 10.2. The zero-order chi connectivity index (χ0) is 14.4. The predicted molar refractivity (Wildman–Crippen MR) is 87.8 cm³/mol. The van der Waals surface area contributed by atoms with Crippen LogP contribution in [0.1, 0.15) is 40.3 Å². The Kier molecular flexibility index (Phi) is 3.27. The van der Waals surface area contributed by atoms with Crippen molar-refractivity contribution in [1.82, 2.24) is 0 Å². The number of fused-ring (bicyclic) bond motifs is 2. The van der Waals surface area contributed by atoms with E-state index in [0.717, 1.165) is 28.8 Å². The first-order valence-electron chi connectivity index (χ1n) is 7.55. The largest absolute Gasteiger partial charge is 0.493 e. The Hall–Kier alpha value is -1.32. The minimum absolute atomic E-state index is 0.125. The molecule has 2 aliphatic rings. The quantitative estimate of drug-likeness (QED) is 0.896. The minimum atomic E-state index is -0.125. The van der Waals surface area contributed by atoms with Crippen molar-refractivity contribution in [2.75, 3.05) is 6.61 Å². The molecule has 2 N–H and O–H groups in total. The van der Waals surface area contributed by atoms with Crippen LogP contribution in [0.15, 0.2) is 34.8 Å². The van der Waals surface area contributed by atoms with E-state index in [0.29, 0.717) is 0 Å². The van der Waals surface area contributed by atoms with Crippen molar-refractivity contribution in [2.24, 2.45) is 5.73 Å². The molecule has 1 heterocycles. The molecule has 0 saturated heterocycles. The van der Waals surface area contributed by atoms with Crippen LogP contribution in [0.4, 0.5) is 0 Å². The van der Waals surface area contributed by atoms with Gasteiger partial charge in [-0.05, 0) is 53.6 Å². The molecule has 1 unspecified atom stereocenters. The molecule has 0 radical (unpaired) electrons. The van der Waals surface area contributed by atoms with E-state index < -0.39 is 0 Å². The van der Waals surface area contributed by atoms with E-state index in [1.807, 2.05) is 0 Å². The summed E-state index contributed by atoms with van der Waals surface area (Å²) >= 11 is 3.60. The fraction of sp³-hybridized carbons (Fsp3) is 0.333. The highest BCUT2D eigenvalue weighted by Gasteiger charge is 2.23. The molecule has 0 aromatic heterocycles. The fourth-order valence-electron chi connectivity index (χ4n) is 3.49. The highest BCUT2D eigenvalue weighted by Crippen LogP contribution is 2.38. The van der Waals surface area contributed by atoms with Gasteiger partial charge in [0, 0.05) is 16.5 Å². The van der Waals surface area contributed by atoms with Crippen LogP contribution in [0.3, 0.4) is 0 Å². The third-order valence-electron chi connectivity index (χ3n) is 4.59. The number of aryl methyl sites for hydroxylation is 2. The molecule has 1 aliphatic heterocycles. The molecule has 2 nitrogen and oxygen atoms in total. The Morgan fingerprint density at radius 2 is 1.86 bits per heavy atom. The third-order valence-corrected chi connectivity index (χ3v) is 5.05. The molecule has 108 valence electrons. The van der Waals surface area contributed by atoms with Gasteiger partial charge in [-0.1, -0.05) is 34.1 Å². The van der Waals surface area contributed by atoms with Crippen molar-refractivity contribution in [3.8, 4) is 5.75 Å². The van der Waals surface area contributed by atoms with Gasteiger partial charge in [-0.25, -0.2) is 0 Å². The summed E-state index contributed by atoms with van der Waals surface area (Å²) in [5.41, 5.74) is 13.0. The topological polar surface area (TPSA) is 35.2 Å². The Morgan fingerprint density at radius 1 is 1.00 bits per heavy atom. The zero-order valence-corrected chi connectivity index (χ0v) is 13.4. The first kappa shape index (κ1) is 13.4. The average molecular weight is 344 g/mol. The maximum absolute atomic E-state index is 6.55. The Labute approximate surface area is 133 Å². The first-order valence-corrected chi connectivity index (χ1v) is 8.34. The molecular weight excluding hydrogens is 326 g/mol. The van der Waals surface area contributed by atoms with Crippen LogP contribution >= 0.6 is 15.9 Å². The monoisotopic (exact) mass is 343 g/mol. The number of nitrogens with two attached hydrogens (primary N) is 1. The number of hydrogen-bond donors (Lipinski definition) is 1. The Balaban J connectivity index is 1.77. The third kappa shape index (κ3) is 2.29. The molecule has 0 spiro atoms. The predicted octanol–water partition coefficient (Wildman–Crippen LogP) is 3.92. The van der Waals surface area contributed by atoms with Crippen molar-refractivity contribution < 1.29 is 4.74 Å². The van der Waals surface area contributed by atoms with Gasteiger partial charge in [0.05, 0.1) is 12.6 Å². The average Bonchev–Trinajstić information content (AvgIpc) is 3.12. The highest BCUT2D eigenvalue weighted by atomic mass is 79.9. The zero-order valence-electron chi connectivity index (χ0n) is 11.9. The molecular formula is C18H18BrNO. The summed E-state index contributed by atoms with van der Waals surface area (Å²) in [6.07, 6.45) is 4.63. The van der Waals surface area contributed by atoms with Crippen molar-refractivity contribution >= 4 is 15.9 Å². The van der Waals surface area contributed by atoms with Crippen LogP contribution in [0, 0.1) is 0 Å². The van der Waals surface area contributed by atoms with Crippen LogP contribution in [0.2, 0.25) is 0 Å². The van der Waals surface area contributed by atoms with E-state index in [9.17, 15) is 0 Å². The molecule has 4 rings (SSSR count). The molecule has 21 heavy (non-hydrogen) atoms.